The van der Waals surface area contributed by atoms with Gasteiger partial charge in [0.05, 0.1) is 19.3 Å². The topological polar surface area (TPSA) is 18.5 Å². The Hall–Kier alpha value is -0.380. The van der Waals surface area contributed by atoms with Gasteiger partial charge in [0.15, 0.2) is 0 Å². The van der Waals surface area contributed by atoms with Gasteiger partial charge in [0, 0.05) is 11.6 Å². The van der Waals surface area contributed by atoms with Crippen molar-refractivity contribution in [3.05, 3.63) is 34.3 Å². The third-order valence-corrected chi connectivity index (χ3v) is 2.66. The summed E-state index contributed by atoms with van der Waals surface area (Å²) in [5.74, 6) is 0. The molecule has 1 aromatic rings. The molecule has 0 aliphatic heterocycles. The SMILES string of the molecule is COCC(C)OCc1ccccc1Br. The molecule has 0 spiro atoms. The van der Waals surface area contributed by atoms with E-state index < -0.39 is 0 Å². The van der Waals surface area contributed by atoms with E-state index in [-0.39, 0.29) is 6.10 Å². The summed E-state index contributed by atoms with van der Waals surface area (Å²) in [6.07, 6.45) is 0.132. The first-order valence-electron chi connectivity index (χ1n) is 4.58. The molecule has 0 aliphatic carbocycles. The largest absolute Gasteiger partial charge is 0.382 e. The first kappa shape index (κ1) is 11.7. The number of halogens is 1. The summed E-state index contributed by atoms with van der Waals surface area (Å²) in [6, 6.07) is 8.06. The molecule has 2 nitrogen and oxygen atoms in total. The Morgan fingerprint density at radius 2 is 2.07 bits per heavy atom. The third-order valence-electron chi connectivity index (χ3n) is 1.88. The maximum Gasteiger partial charge on any atom is 0.0784 e. The number of benzene rings is 1. The Bertz CT molecular complexity index is 276. The lowest BCUT2D eigenvalue weighted by atomic mass is 10.2. The fraction of sp³-hybridized carbons (Fsp3) is 0.455. The zero-order chi connectivity index (χ0) is 10.4. The van der Waals surface area contributed by atoms with Crippen molar-refractivity contribution in [3.63, 3.8) is 0 Å². The molecule has 0 N–H and O–H groups in total. The summed E-state index contributed by atoms with van der Waals surface area (Å²) in [5, 5.41) is 0. The maximum atomic E-state index is 5.59. The second kappa shape index (κ2) is 6.17. The van der Waals surface area contributed by atoms with E-state index in [2.05, 4.69) is 15.9 Å². The molecular formula is C11H15BrO2. The second-order valence-corrected chi connectivity index (χ2v) is 4.02. The van der Waals surface area contributed by atoms with Crippen LogP contribution in [-0.4, -0.2) is 19.8 Å². The summed E-state index contributed by atoms with van der Waals surface area (Å²) < 4.78 is 11.7. The molecule has 3 heteroatoms. The summed E-state index contributed by atoms with van der Waals surface area (Å²) in [6.45, 7) is 3.25. The van der Waals surface area contributed by atoms with Crippen LogP contribution in [0.1, 0.15) is 12.5 Å². The molecule has 0 saturated heterocycles. The normalized spacial score (nSPS) is 12.8. The molecule has 0 radical (unpaired) electrons. The molecule has 78 valence electrons. The molecule has 0 bridgehead atoms. The van der Waals surface area contributed by atoms with E-state index in [4.69, 9.17) is 9.47 Å². The Balaban J connectivity index is 2.41. The molecule has 0 aromatic heterocycles. The van der Waals surface area contributed by atoms with Gasteiger partial charge in [0.2, 0.25) is 0 Å². The number of methoxy groups -OCH3 is 1. The fourth-order valence-electron chi connectivity index (χ4n) is 1.13. The van der Waals surface area contributed by atoms with Crippen LogP contribution in [0, 0.1) is 0 Å². The number of rotatable bonds is 5. The van der Waals surface area contributed by atoms with Crippen molar-refractivity contribution >= 4 is 15.9 Å². The van der Waals surface area contributed by atoms with Crippen molar-refractivity contribution in [1.29, 1.82) is 0 Å². The third kappa shape index (κ3) is 3.78. The fourth-order valence-corrected chi connectivity index (χ4v) is 1.53. The van der Waals surface area contributed by atoms with Crippen molar-refractivity contribution in [2.45, 2.75) is 19.6 Å². The minimum Gasteiger partial charge on any atom is -0.382 e. The van der Waals surface area contributed by atoms with Crippen molar-refractivity contribution in [2.75, 3.05) is 13.7 Å². The van der Waals surface area contributed by atoms with Crippen molar-refractivity contribution < 1.29 is 9.47 Å². The molecule has 1 atom stereocenters. The molecule has 14 heavy (non-hydrogen) atoms. The van der Waals surface area contributed by atoms with E-state index in [0.717, 1.165) is 10.0 Å². The molecular weight excluding hydrogens is 244 g/mol. The molecule has 0 saturated carbocycles. The van der Waals surface area contributed by atoms with E-state index in [1.807, 2.05) is 31.2 Å². The number of hydrogen-bond acceptors (Lipinski definition) is 2. The van der Waals surface area contributed by atoms with Crippen LogP contribution in [0.15, 0.2) is 28.7 Å². The first-order valence-corrected chi connectivity index (χ1v) is 5.37. The molecule has 0 fully saturated rings. The molecule has 1 rings (SSSR count). The lowest BCUT2D eigenvalue weighted by molar-refractivity contribution is -0.000327. The highest BCUT2D eigenvalue weighted by Crippen LogP contribution is 2.17. The zero-order valence-electron chi connectivity index (χ0n) is 8.50. The van der Waals surface area contributed by atoms with E-state index in [0.29, 0.717) is 13.2 Å². The van der Waals surface area contributed by atoms with Gasteiger partial charge in [-0.15, -0.1) is 0 Å². The standard InChI is InChI=1S/C11H15BrO2/c1-9(7-13-2)14-8-10-5-3-4-6-11(10)12/h3-6,9H,7-8H2,1-2H3. The Morgan fingerprint density at radius 1 is 1.36 bits per heavy atom. The van der Waals surface area contributed by atoms with Gasteiger partial charge < -0.3 is 9.47 Å². The second-order valence-electron chi connectivity index (χ2n) is 3.17. The number of hydrogen-bond donors (Lipinski definition) is 0. The molecule has 1 unspecified atom stereocenters. The summed E-state index contributed by atoms with van der Waals surface area (Å²) in [7, 11) is 1.68. The van der Waals surface area contributed by atoms with Crippen LogP contribution in [0.25, 0.3) is 0 Å². The minimum atomic E-state index is 0.132. The number of ether oxygens (including phenoxy) is 2. The van der Waals surface area contributed by atoms with Crippen LogP contribution in [0.3, 0.4) is 0 Å². The quantitative estimate of drug-likeness (QED) is 0.809. The molecule has 0 heterocycles. The van der Waals surface area contributed by atoms with Crippen LogP contribution in [0.4, 0.5) is 0 Å². The van der Waals surface area contributed by atoms with Crippen molar-refractivity contribution in [1.82, 2.24) is 0 Å². The van der Waals surface area contributed by atoms with Crippen LogP contribution < -0.4 is 0 Å². The highest BCUT2D eigenvalue weighted by atomic mass is 79.9. The van der Waals surface area contributed by atoms with Gasteiger partial charge in [-0.05, 0) is 18.6 Å². The summed E-state index contributed by atoms with van der Waals surface area (Å²) in [5.41, 5.74) is 1.16. The van der Waals surface area contributed by atoms with Crippen LogP contribution in [0.5, 0.6) is 0 Å². The molecule has 1 aromatic carbocycles. The van der Waals surface area contributed by atoms with Crippen LogP contribution in [0.2, 0.25) is 0 Å². The summed E-state index contributed by atoms with van der Waals surface area (Å²) >= 11 is 3.47. The monoisotopic (exact) mass is 258 g/mol. The van der Waals surface area contributed by atoms with E-state index in [9.17, 15) is 0 Å². The Morgan fingerprint density at radius 3 is 2.71 bits per heavy atom. The van der Waals surface area contributed by atoms with E-state index >= 15 is 0 Å². The molecule has 0 aliphatic rings. The van der Waals surface area contributed by atoms with Crippen LogP contribution in [-0.2, 0) is 16.1 Å². The Labute approximate surface area is 93.4 Å². The minimum absolute atomic E-state index is 0.132. The van der Waals surface area contributed by atoms with Crippen molar-refractivity contribution in [2.24, 2.45) is 0 Å². The van der Waals surface area contributed by atoms with E-state index in [1.165, 1.54) is 0 Å². The zero-order valence-corrected chi connectivity index (χ0v) is 10.1. The van der Waals surface area contributed by atoms with Crippen molar-refractivity contribution in [3.8, 4) is 0 Å². The first-order chi connectivity index (χ1) is 6.74. The van der Waals surface area contributed by atoms with E-state index in [1.54, 1.807) is 7.11 Å². The van der Waals surface area contributed by atoms with Gasteiger partial charge in [0.1, 0.15) is 0 Å². The lowest BCUT2D eigenvalue weighted by Crippen LogP contribution is -2.14. The highest BCUT2D eigenvalue weighted by molar-refractivity contribution is 9.10. The molecule has 0 amide bonds. The smallest absolute Gasteiger partial charge is 0.0784 e. The van der Waals surface area contributed by atoms with Gasteiger partial charge in [-0.3, -0.25) is 0 Å². The van der Waals surface area contributed by atoms with Gasteiger partial charge in [-0.2, -0.15) is 0 Å². The Kier molecular flexibility index (Phi) is 5.15. The summed E-state index contributed by atoms with van der Waals surface area (Å²) in [4.78, 5) is 0. The van der Waals surface area contributed by atoms with Gasteiger partial charge >= 0.3 is 0 Å². The maximum absolute atomic E-state index is 5.59. The predicted octanol–water partition coefficient (Wildman–Crippen LogP) is 3.00. The predicted molar refractivity (Wildman–Crippen MR) is 60.3 cm³/mol. The van der Waals surface area contributed by atoms with Gasteiger partial charge in [0.25, 0.3) is 0 Å². The van der Waals surface area contributed by atoms with Gasteiger partial charge in [-0.1, -0.05) is 34.1 Å². The lowest BCUT2D eigenvalue weighted by Gasteiger charge is -2.12. The van der Waals surface area contributed by atoms with Crippen LogP contribution >= 0.6 is 15.9 Å². The van der Waals surface area contributed by atoms with Gasteiger partial charge in [-0.25, -0.2) is 0 Å². The average molecular weight is 259 g/mol. The average Bonchev–Trinajstić information content (AvgIpc) is 2.17. The highest BCUT2D eigenvalue weighted by Gasteiger charge is 2.03.